The highest BCUT2D eigenvalue weighted by atomic mass is 31.2. The molecule has 0 aromatic rings. The minimum atomic E-state index is -4.71. The molecule has 0 spiro atoms. The second-order valence-corrected chi connectivity index (χ2v) is 16.3. The fourth-order valence-corrected chi connectivity index (χ4v) is 6.84. The summed E-state index contributed by atoms with van der Waals surface area (Å²) in [6.45, 7) is 2.80. The largest absolute Gasteiger partial charge is 0.480 e. The smallest absolute Gasteiger partial charge is 0.472 e. The fraction of sp³-hybridized carbons (Fsp3) is 0.881. The van der Waals surface area contributed by atoms with Gasteiger partial charge in [0, 0.05) is 12.8 Å². The van der Waals surface area contributed by atoms with E-state index in [2.05, 4.69) is 30.5 Å². The number of esters is 2. The molecule has 0 aromatic heterocycles. The predicted molar refractivity (Wildman–Crippen MR) is 217 cm³/mol. The highest BCUT2D eigenvalue weighted by molar-refractivity contribution is 7.47. The number of hydrogen-bond acceptors (Lipinski definition) is 9. The number of carbonyl (C=O) groups is 3. The van der Waals surface area contributed by atoms with Crippen molar-refractivity contribution < 1.29 is 47.5 Å². The molecule has 0 aliphatic heterocycles. The minimum Gasteiger partial charge on any atom is -0.480 e. The molecule has 0 radical (unpaired) electrons. The Hall–Kier alpha value is -1.78. The molecule has 54 heavy (non-hydrogen) atoms. The lowest BCUT2D eigenvalue weighted by Crippen LogP contribution is -2.34. The van der Waals surface area contributed by atoms with Crippen LogP contribution in [0.2, 0.25) is 0 Å². The number of carbonyl (C=O) groups excluding carboxylic acids is 2. The summed E-state index contributed by atoms with van der Waals surface area (Å²) in [5, 5.41) is 8.88. The zero-order valence-corrected chi connectivity index (χ0v) is 35.2. The highest BCUT2D eigenvalue weighted by Crippen LogP contribution is 2.43. The molecule has 0 amide bonds. The molecule has 0 rings (SSSR count). The highest BCUT2D eigenvalue weighted by Gasteiger charge is 2.28. The van der Waals surface area contributed by atoms with Gasteiger partial charge in [-0.15, -0.1) is 0 Å². The molecule has 1 unspecified atom stereocenters. The van der Waals surface area contributed by atoms with Crippen molar-refractivity contribution in [3.63, 3.8) is 0 Å². The second kappa shape index (κ2) is 38.1. The van der Waals surface area contributed by atoms with Crippen molar-refractivity contribution in [3.8, 4) is 0 Å². The Morgan fingerprint density at radius 1 is 0.556 bits per heavy atom. The summed E-state index contributed by atoms with van der Waals surface area (Å²) in [6.07, 6.45) is 37.0. The van der Waals surface area contributed by atoms with E-state index >= 15 is 0 Å². The molecule has 0 fully saturated rings. The molecular formula is C42H80NO10P. The van der Waals surface area contributed by atoms with E-state index in [4.69, 9.17) is 24.8 Å². The van der Waals surface area contributed by atoms with Gasteiger partial charge in [-0.2, -0.15) is 0 Å². The van der Waals surface area contributed by atoms with E-state index in [1.54, 1.807) is 0 Å². The van der Waals surface area contributed by atoms with Crippen molar-refractivity contribution in [2.24, 2.45) is 5.73 Å². The maximum atomic E-state index is 12.6. The van der Waals surface area contributed by atoms with Crippen molar-refractivity contribution in [1.82, 2.24) is 0 Å². The molecule has 0 heterocycles. The summed E-state index contributed by atoms with van der Waals surface area (Å²) in [5.41, 5.74) is 5.33. The first-order valence-corrected chi connectivity index (χ1v) is 23.2. The van der Waals surface area contributed by atoms with Gasteiger partial charge in [0.05, 0.1) is 13.2 Å². The van der Waals surface area contributed by atoms with Crippen LogP contribution in [0.1, 0.15) is 206 Å². The Morgan fingerprint density at radius 2 is 0.926 bits per heavy atom. The lowest BCUT2D eigenvalue weighted by atomic mass is 10.0. The zero-order chi connectivity index (χ0) is 40.0. The maximum absolute atomic E-state index is 12.6. The molecule has 0 aliphatic carbocycles. The van der Waals surface area contributed by atoms with Crippen molar-refractivity contribution in [2.75, 3.05) is 19.8 Å². The molecule has 11 nitrogen and oxygen atoms in total. The average Bonchev–Trinajstić information content (AvgIpc) is 3.14. The van der Waals surface area contributed by atoms with Crippen LogP contribution in [0.5, 0.6) is 0 Å². The average molecular weight is 790 g/mol. The van der Waals surface area contributed by atoms with Crippen molar-refractivity contribution in [3.05, 3.63) is 12.2 Å². The topological polar surface area (TPSA) is 172 Å². The Balaban J connectivity index is 4.33. The maximum Gasteiger partial charge on any atom is 0.472 e. The standard InChI is InChI=1S/C42H80NO10P/c1-3-5-7-9-11-13-15-17-18-19-20-22-24-26-28-30-32-34-41(45)53-38(36-51-54(48,49)52-37-39(43)42(46)47)35-50-40(44)33-31-29-27-25-23-21-16-14-12-10-8-6-4-2/h13,15,38-39H,3-12,14,16-37,43H2,1-2H3,(H,46,47)(H,48,49)/b15-13+/t38-,39+/m1/s1. The Morgan fingerprint density at radius 3 is 1.37 bits per heavy atom. The number of phosphoric ester groups is 1. The summed E-state index contributed by atoms with van der Waals surface area (Å²) in [7, 11) is -4.71. The van der Waals surface area contributed by atoms with Gasteiger partial charge in [-0.1, -0.05) is 167 Å². The first kappa shape index (κ1) is 52.2. The number of aliphatic carboxylic acids is 1. The van der Waals surface area contributed by atoms with Gasteiger partial charge < -0.3 is 25.2 Å². The number of carboxylic acid groups (broad SMARTS) is 1. The molecule has 318 valence electrons. The SMILES string of the molecule is CCCCCC/C=C/CCCCCCCCCCCC(=O)O[C@H](COC(=O)CCCCCCCCCCCCCCC)COP(=O)(O)OC[C@H](N)C(=O)O. The first-order chi connectivity index (χ1) is 26.1. The van der Waals surface area contributed by atoms with Crippen LogP contribution >= 0.6 is 7.82 Å². The van der Waals surface area contributed by atoms with Gasteiger partial charge in [0.25, 0.3) is 0 Å². The van der Waals surface area contributed by atoms with Gasteiger partial charge in [0.1, 0.15) is 12.6 Å². The number of phosphoric acid groups is 1. The van der Waals surface area contributed by atoms with Gasteiger partial charge in [-0.3, -0.25) is 23.4 Å². The fourth-order valence-electron chi connectivity index (χ4n) is 6.06. The summed E-state index contributed by atoms with van der Waals surface area (Å²) < 4.78 is 32.7. The number of nitrogens with two attached hydrogens (primary N) is 1. The summed E-state index contributed by atoms with van der Waals surface area (Å²) in [4.78, 5) is 45.9. The normalized spacial score (nSPS) is 13.9. The van der Waals surface area contributed by atoms with Crippen LogP contribution in [-0.4, -0.2) is 59.9 Å². The Bertz CT molecular complexity index is 979. The number of ether oxygens (including phenoxy) is 2. The van der Waals surface area contributed by atoms with Crippen LogP contribution in [-0.2, 0) is 37.5 Å². The van der Waals surface area contributed by atoms with Crippen molar-refractivity contribution >= 4 is 25.7 Å². The van der Waals surface area contributed by atoms with Crippen LogP contribution < -0.4 is 5.73 Å². The van der Waals surface area contributed by atoms with E-state index < -0.39 is 51.1 Å². The van der Waals surface area contributed by atoms with Crippen LogP contribution in [0, 0.1) is 0 Å². The van der Waals surface area contributed by atoms with Gasteiger partial charge in [0.15, 0.2) is 6.10 Å². The molecule has 0 saturated carbocycles. The van der Waals surface area contributed by atoms with Crippen LogP contribution in [0.25, 0.3) is 0 Å². The molecule has 0 aromatic carbocycles. The molecule has 4 N–H and O–H groups in total. The number of rotatable bonds is 41. The van der Waals surface area contributed by atoms with Gasteiger partial charge >= 0.3 is 25.7 Å². The summed E-state index contributed by atoms with van der Waals surface area (Å²) >= 11 is 0. The first-order valence-electron chi connectivity index (χ1n) is 21.7. The van der Waals surface area contributed by atoms with Gasteiger partial charge in [-0.25, -0.2) is 4.57 Å². The van der Waals surface area contributed by atoms with E-state index in [1.165, 1.54) is 128 Å². The molecule has 3 atom stereocenters. The van der Waals surface area contributed by atoms with E-state index in [-0.39, 0.29) is 19.4 Å². The van der Waals surface area contributed by atoms with E-state index in [0.29, 0.717) is 12.8 Å². The molecule has 0 aliphatic rings. The minimum absolute atomic E-state index is 0.163. The lowest BCUT2D eigenvalue weighted by molar-refractivity contribution is -0.161. The Kier molecular flexibility index (Phi) is 36.9. The van der Waals surface area contributed by atoms with Gasteiger partial charge in [0.2, 0.25) is 0 Å². The predicted octanol–water partition coefficient (Wildman–Crippen LogP) is 11.3. The van der Waals surface area contributed by atoms with Crippen LogP contribution in [0.15, 0.2) is 12.2 Å². The third kappa shape index (κ3) is 37.2. The van der Waals surface area contributed by atoms with Crippen LogP contribution in [0.4, 0.5) is 0 Å². The van der Waals surface area contributed by atoms with E-state index in [1.807, 2.05) is 0 Å². The monoisotopic (exact) mass is 790 g/mol. The Labute approximate surface area is 328 Å². The third-order valence-corrected chi connectivity index (χ3v) is 10.5. The molecule has 0 bridgehead atoms. The van der Waals surface area contributed by atoms with Gasteiger partial charge in [-0.05, 0) is 38.5 Å². The van der Waals surface area contributed by atoms with E-state index in [9.17, 15) is 23.8 Å². The number of allylic oxidation sites excluding steroid dienone is 2. The summed E-state index contributed by atoms with van der Waals surface area (Å²) in [6, 6.07) is -1.52. The third-order valence-electron chi connectivity index (χ3n) is 9.51. The molecular weight excluding hydrogens is 709 g/mol. The van der Waals surface area contributed by atoms with Crippen LogP contribution in [0.3, 0.4) is 0 Å². The van der Waals surface area contributed by atoms with Crippen molar-refractivity contribution in [2.45, 2.75) is 219 Å². The summed E-state index contributed by atoms with van der Waals surface area (Å²) in [5.74, 6) is -2.37. The van der Waals surface area contributed by atoms with Crippen molar-refractivity contribution in [1.29, 1.82) is 0 Å². The zero-order valence-electron chi connectivity index (χ0n) is 34.3. The second-order valence-electron chi connectivity index (χ2n) is 14.8. The number of unbranched alkanes of at least 4 members (excludes halogenated alkanes) is 25. The lowest BCUT2D eigenvalue weighted by Gasteiger charge is -2.20. The molecule has 0 saturated heterocycles. The molecule has 12 heteroatoms. The number of carboxylic acids is 1. The number of hydrogen-bond donors (Lipinski definition) is 3. The quantitative estimate of drug-likeness (QED) is 0.0233. The van der Waals surface area contributed by atoms with E-state index in [0.717, 1.165) is 38.5 Å².